The second-order valence-electron chi connectivity index (χ2n) is 9.16. The van der Waals surface area contributed by atoms with Gasteiger partial charge < -0.3 is 21.1 Å². The summed E-state index contributed by atoms with van der Waals surface area (Å²) in [4.78, 5) is 7.45. The summed E-state index contributed by atoms with van der Waals surface area (Å²) in [7, 11) is 0. The molecule has 3 aliphatic rings. The van der Waals surface area contributed by atoms with Crippen LogP contribution in [-0.2, 0) is 30.5 Å². The molecule has 5 rings (SSSR count). The van der Waals surface area contributed by atoms with Crippen LogP contribution in [0, 0.1) is 0 Å². The number of benzene rings is 1. The number of rotatable bonds is 6. The highest BCUT2D eigenvalue weighted by molar-refractivity contribution is 5.56. The molecule has 6 nitrogen and oxygen atoms in total. The first-order chi connectivity index (χ1) is 15.3. The van der Waals surface area contributed by atoms with E-state index in [1.807, 2.05) is 0 Å². The van der Waals surface area contributed by atoms with E-state index in [2.05, 4.69) is 45.9 Å². The van der Waals surface area contributed by atoms with Crippen molar-refractivity contribution in [1.29, 1.82) is 0 Å². The third-order valence-corrected chi connectivity index (χ3v) is 6.99. The van der Waals surface area contributed by atoms with Gasteiger partial charge in [-0.15, -0.1) is 0 Å². The number of morpholine rings is 1. The Morgan fingerprint density at radius 3 is 2.97 bits per heavy atom. The SMILES string of the molecule is NC1CCCc2ccc(C[C@H]3Cc4c(cccc4NCCN4CCOCC4)CN3)nc21. The average molecular weight is 422 g/mol. The summed E-state index contributed by atoms with van der Waals surface area (Å²) in [6, 6.07) is 11.6. The van der Waals surface area contributed by atoms with Crippen molar-refractivity contribution in [3.63, 3.8) is 0 Å². The van der Waals surface area contributed by atoms with E-state index in [4.69, 9.17) is 15.5 Å². The number of aromatic nitrogens is 1. The summed E-state index contributed by atoms with van der Waals surface area (Å²) in [6.07, 6.45) is 5.32. The highest BCUT2D eigenvalue weighted by Crippen LogP contribution is 2.28. The smallest absolute Gasteiger partial charge is 0.0606 e. The van der Waals surface area contributed by atoms with Gasteiger partial charge in [-0.05, 0) is 54.5 Å². The zero-order chi connectivity index (χ0) is 21.0. The Hall–Kier alpha value is -1.99. The molecule has 1 aliphatic carbocycles. The Morgan fingerprint density at radius 1 is 1.16 bits per heavy atom. The molecule has 1 aromatic carbocycles. The molecular formula is C25H35N5O. The molecular weight excluding hydrogens is 386 g/mol. The summed E-state index contributed by atoms with van der Waals surface area (Å²) >= 11 is 0. The lowest BCUT2D eigenvalue weighted by molar-refractivity contribution is 0.0398. The summed E-state index contributed by atoms with van der Waals surface area (Å²) in [5, 5.41) is 7.44. The van der Waals surface area contributed by atoms with Crippen LogP contribution in [0.1, 0.15) is 47.0 Å². The third-order valence-electron chi connectivity index (χ3n) is 6.99. The third kappa shape index (κ3) is 4.93. The van der Waals surface area contributed by atoms with Gasteiger partial charge in [-0.3, -0.25) is 9.88 Å². The lowest BCUT2D eigenvalue weighted by atomic mass is 9.90. The van der Waals surface area contributed by atoms with Crippen molar-refractivity contribution in [2.45, 2.75) is 50.7 Å². The molecule has 31 heavy (non-hydrogen) atoms. The van der Waals surface area contributed by atoms with E-state index in [1.165, 1.54) is 28.8 Å². The number of aryl methyl sites for hydroxylation is 1. The first kappa shape index (κ1) is 20.9. The number of nitrogens with one attached hydrogen (secondary N) is 2. The molecule has 2 aliphatic heterocycles. The number of fused-ring (bicyclic) bond motifs is 2. The number of nitrogens with two attached hydrogens (primary N) is 1. The Kier molecular flexibility index (Phi) is 6.50. The molecule has 1 saturated heterocycles. The topological polar surface area (TPSA) is 75.4 Å². The van der Waals surface area contributed by atoms with Gasteiger partial charge >= 0.3 is 0 Å². The molecule has 0 radical (unpaired) electrons. The predicted molar refractivity (Wildman–Crippen MR) is 124 cm³/mol. The van der Waals surface area contributed by atoms with Crippen molar-refractivity contribution in [1.82, 2.24) is 15.2 Å². The second-order valence-corrected chi connectivity index (χ2v) is 9.16. The highest BCUT2D eigenvalue weighted by atomic mass is 16.5. The van der Waals surface area contributed by atoms with Gasteiger partial charge in [-0.1, -0.05) is 18.2 Å². The van der Waals surface area contributed by atoms with Crippen LogP contribution in [0.15, 0.2) is 30.3 Å². The summed E-state index contributed by atoms with van der Waals surface area (Å²) in [6.45, 7) is 6.75. The number of pyridine rings is 1. The van der Waals surface area contributed by atoms with Crippen molar-refractivity contribution in [2.24, 2.45) is 5.73 Å². The van der Waals surface area contributed by atoms with E-state index in [9.17, 15) is 0 Å². The van der Waals surface area contributed by atoms with Crippen molar-refractivity contribution in [3.8, 4) is 0 Å². The maximum absolute atomic E-state index is 6.34. The van der Waals surface area contributed by atoms with Crippen LogP contribution in [0.25, 0.3) is 0 Å². The number of anilines is 1. The van der Waals surface area contributed by atoms with E-state index in [-0.39, 0.29) is 6.04 Å². The number of ether oxygens (including phenoxy) is 1. The average Bonchev–Trinajstić information content (AvgIpc) is 2.81. The molecule has 2 atom stereocenters. The number of hydrogen-bond donors (Lipinski definition) is 3. The monoisotopic (exact) mass is 421 g/mol. The molecule has 166 valence electrons. The Bertz CT molecular complexity index is 895. The van der Waals surface area contributed by atoms with Gasteiger partial charge in [0.25, 0.3) is 0 Å². The zero-order valence-corrected chi connectivity index (χ0v) is 18.4. The maximum atomic E-state index is 6.34. The van der Waals surface area contributed by atoms with E-state index in [0.29, 0.717) is 6.04 Å². The van der Waals surface area contributed by atoms with Crippen LogP contribution < -0.4 is 16.4 Å². The van der Waals surface area contributed by atoms with Gasteiger partial charge in [-0.25, -0.2) is 0 Å². The summed E-state index contributed by atoms with van der Waals surface area (Å²) < 4.78 is 5.45. The van der Waals surface area contributed by atoms with Crippen molar-refractivity contribution in [2.75, 3.05) is 44.7 Å². The van der Waals surface area contributed by atoms with Gasteiger partial charge in [0.2, 0.25) is 0 Å². The molecule has 1 fully saturated rings. The summed E-state index contributed by atoms with van der Waals surface area (Å²) in [5.74, 6) is 0. The van der Waals surface area contributed by atoms with Crippen LogP contribution in [0.3, 0.4) is 0 Å². The molecule has 4 N–H and O–H groups in total. The Balaban J connectivity index is 1.23. The lowest BCUT2D eigenvalue weighted by Crippen LogP contribution is -2.39. The fraction of sp³-hybridized carbons (Fsp3) is 0.560. The Morgan fingerprint density at radius 2 is 2.06 bits per heavy atom. The van der Waals surface area contributed by atoms with Gasteiger partial charge in [-0.2, -0.15) is 0 Å². The minimum Gasteiger partial charge on any atom is -0.384 e. The van der Waals surface area contributed by atoms with Crippen LogP contribution in [0.5, 0.6) is 0 Å². The van der Waals surface area contributed by atoms with Crippen LogP contribution in [-0.4, -0.2) is 55.3 Å². The minimum atomic E-state index is 0.103. The molecule has 0 spiro atoms. The van der Waals surface area contributed by atoms with Gasteiger partial charge in [0.1, 0.15) is 0 Å². The standard InChI is InChI=1S/C25H35N5O/c26-23-5-1-3-18-7-8-20(29-25(18)23)15-21-16-22-19(17-28-21)4-2-6-24(22)27-9-10-30-11-13-31-14-12-30/h2,4,6-8,21,23,27-28H,1,3,5,9-17,26H2/t21-,23?/m0/s1. The Labute approximate surface area is 185 Å². The molecule has 6 heteroatoms. The van der Waals surface area contributed by atoms with Gasteiger partial charge in [0.05, 0.1) is 18.9 Å². The van der Waals surface area contributed by atoms with Gasteiger partial charge in [0.15, 0.2) is 0 Å². The summed E-state index contributed by atoms with van der Waals surface area (Å²) in [5.41, 5.74) is 14.1. The predicted octanol–water partition coefficient (Wildman–Crippen LogP) is 2.42. The van der Waals surface area contributed by atoms with E-state index >= 15 is 0 Å². The first-order valence-corrected chi connectivity index (χ1v) is 11.9. The van der Waals surface area contributed by atoms with Crippen molar-refractivity contribution < 1.29 is 4.74 Å². The number of hydrogen-bond acceptors (Lipinski definition) is 6. The molecule has 0 amide bonds. The highest BCUT2D eigenvalue weighted by Gasteiger charge is 2.23. The van der Waals surface area contributed by atoms with E-state index < -0.39 is 0 Å². The molecule has 0 bridgehead atoms. The van der Waals surface area contributed by atoms with Crippen LogP contribution >= 0.6 is 0 Å². The van der Waals surface area contributed by atoms with Gasteiger partial charge in [0, 0.05) is 62.6 Å². The quantitative estimate of drug-likeness (QED) is 0.665. The van der Waals surface area contributed by atoms with E-state index in [0.717, 1.165) is 83.0 Å². The van der Waals surface area contributed by atoms with E-state index in [1.54, 1.807) is 0 Å². The zero-order valence-electron chi connectivity index (χ0n) is 18.4. The molecule has 1 unspecified atom stereocenters. The number of nitrogens with zero attached hydrogens (tertiary/aromatic N) is 2. The minimum absolute atomic E-state index is 0.103. The first-order valence-electron chi connectivity index (χ1n) is 11.9. The normalized spacial score (nSPS) is 23.8. The molecule has 3 heterocycles. The van der Waals surface area contributed by atoms with Crippen molar-refractivity contribution >= 4 is 5.69 Å². The largest absolute Gasteiger partial charge is 0.384 e. The second kappa shape index (κ2) is 9.65. The maximum Gasteiger partial charge on any atom is 0.0606 e. The lowest BCUT2D eigenvalue weighted by Gasteiger charge is -2.30. The van der Waals surface area contributed by atoms with Crippen molar-refractivity contribution in [3.05, 3.63) is 58.4 Å². The fourth-order valence-corrected chi connectivity index (χ4v) is 5.19. The van der Waals surface area contributed by atoms with Crippen LogP contribution in [0.2, 0.25) is 0 Å². The molecule has 0 saturated carbocycles. The molecule has 1 aromatic heterocycles. The molecule has 2 aromatic rings. The van der Waals surface area contributed by atoms with Crippen LogP contribution in [0.4, 0.5) is 5.69 Å². The fourth-order valence-electron chi connectivity index (χ4n) is 5.19.